The van der Waals surface area contributed by atoms with Gasteiger partial charge in [-0.15, -0.1) is 0 Å². The Kier molecular flexibility index (Phi) is 4.37. The van der Waals surface area contributed by atoms with Gasteiger partial charge in [-0.2, -0.15) is 0 Å². The molecule has 0 saturated carbocycles. The number of carbonyl (C=O) groups is 1. The number of hydrogen-bond acceptors (Lipinski definition) is 3. The quantitative estimate of drug-likeness (QED) is 0.895. The van der Waals surface area contributed by atoms with Crippen LogP contribution in [-0.4, -0.2) is 19.5 Å². The van der Waals surface area contributed by atoms with Crippen LogP contribution in [0.25, 0.3) is 0 Å². The molecule has 122 valence electrons. The van der Waals surface area contributed by atoms with Gasteiger partial charge in [0, 0.05) is 6.07 Å². The van der Waals surface area contributed by atoms with E-state index in [1.54, 1.807) is 6.92 Å². The molecular weight excluding hydrogens is 328 g/mol. The van der Waals surface area contributed by atoms with E-state index in [2.05, 4.69) is 0 Å². The SMILES string of the molecule is Cc1cc(C(=O)O)cc(S(=O)(=O)Nc2ccc(F)cc2F)c1C. The van der Waals surface area contributed by atoms with Crippen LogP contribution in [-0.2, 0) is 10.0 Å². The standard InChI is InChI=1S/C15H13F2NO4S/c1-8-5-10(15(19)20)6-14(9(8)2)23(21,22)18-13-4-3-11(16)7-12(13)17/h3-7,18H,1-2H3,(H,19,20). The van der Waals surface area contributed by atoms with Crippen molar-refractivity contribution in [1.29, 1.82) is 0 Å². The summed E-state index contributed by atoms with van der Waals surface area (Å²) in [4.78, 5) is 10.8. The van der Waals surface area contributed by atoms with E-state index >= 15 is 0 Å². The zero-order valence-electron chi connectivity index (χ0n) is 12.2. The molecule has 2 rings (SSSR count). The summed E-state index contributed by atoms with van der Waals surface area (Å²) in [5.41, 5.74) is 0.173. The van der Waals surface area contributed by atoms with Gasteiger partial charge in [-0.25, -0.2) is 22.0 Å². The van der Waals surface area contributed by atoms with Crippen LogP contribution >= 0.6 is 0 Å². The number of aryl methyl sites for hydroxylation is 1. The summed E-state index contributed by atoms with van der Waals surface area (Å²) in [6.07, 6.45) is 0. The van der Waals surface area contributed by atoms with Gasteiger partial charge >= 0.3 is 5.97 Å². The minimum absolute atomic E-state index is 0.201. The largest absolute Gasteiger partial charge is 0.478 e. The lowest BCUT2D eigenvalue weighted by atomic mass is 10.1. The van der Waals surface area contributed by atoms with E-state index in [1.807, 2.05) is 4.72 Å². The van der Waals surface area contributed by atoms with Crippen molar-refractivity contribution < 1.29 is 27.1 Å². The molecule has 0 heterocycles. The molecule has 2 aromatic rings. The first-order chi connectivity index (χ1) is 10.6. The van der Waals surface area contributed by atoms with Crippen LogP contribution in [0.2, 0.25) is 0 Å². The van der Waals surface area contributed by atoms with Crippen LogP contribution in [0.1, 0.15) is 21.5 Å². The minimum Gasteiger partial charge on any atom is -0.478 e. The molecule has 0 fully saturated rings. The van der Waals surface area contributed by atoms with Crippen molar-refractivity contribution in [3.8, 4) is 0 Å². The third kappa shape index (κ3) is 3.48. The van der Waals surface area contributed by atoms with Crippen molar-refractivity contribution in [1.82, 2.24) is 0 Å². The first kappa shape index (κ1) is 16.9. The Morgan fingerprint density at radius 3 is 2.35 bits per heavy atom. The Hall–Kier alpha value is -2.48. The summed E-state index contributed by atoms with van der Waals surface area (Å²) in [6, 6.07) is 4.74. The zero-order valence-corrected chi connectivity index (χ0v) is 13.0. The number of halogens is 2. The van der Waals surface area contributed by atoms with Crippen molar-refractivity contribution in [2.45, 2.75) is 18.7 Å². The maximum Gasteiger partial charge on any atom is 0.335 e. The van der Waals surface area contributed by atoms with Crippen molar-refractivity contribution in [3.05, 3.63) is 58.7 Å². The molecule has 0 aliphatic heterocycles. The molecule has 0 atom stereocenters. The van der Waals surface area contributed by atoms with Gasteiger partial charge in [0.2, 0.25) is 0 Å². The molecular formula is C15H13F2NO4S. The summed E-state index contributed by atoms with van der Waals surface area (Å²) in [5.74, 6) is -3.19. The summed E-state index contributed by atoms with van der Waals surface area (Å²) in [6.45, 7) is 3.08. The number of carboxylic acids is 1. The predicted octanol–water partition coefficient (Wildman–Crippen LogP) is 3.08. The Morgan fingerprint density at radius 1 is 1.13 bits per heavy atom. The van der Waals surface area contributed by atoms with Crippen molar-refractivity contribution in [3.63, 3.8) is 0 Å². The number of nitrogens with one attached hydrogen (secondary N) is 1. The number of rotatable bonds is 4. The van der Waals surface area contributed by atoms with Crippen LogP contribution in [0.5, 0.6) is 0 Å². The maximum absolute atomic E-state index is 13.6. The third-order valence-corrected chi connectivity index (χ3v) is 4.82. The zero-order chi connectivity index (χ0) is 17.4. The van der Waals surface area contributed by atoms with E-state index in [4.69, 9.17) is 5.11 Å². The van der Waals surface area contributed by atoms with Gasteiger partial charge in [0.25, 0.3) is 10.0 Å². The average molecular weight is 341 g/mol. The smallest absolute Gasteiger partial charge is 0.335 e. The van der Waals surface area contributed by atoms with Gasteiger partial charge in [0.1, 0.15) is 11.6 Å². The summed E-state index contributed by atoms with van der Waals surface area (Å²) in [5, 5.41) is 9.04. The number of aromatic carboxylic acids is 1. The average Bonchev–Trinajstić information content (AvgIpc) is 2.44. The molecule has 0 radical (unpaired) electrons. The second kappa shape index (κ2) is 5.96. The first-order valence-electron chi connectivity index (χ1n) is 6.44. The van der Waals surface area contributed by atoms with E-state index < -0.39 is 33.3 Å². The Morgan fingerprint density at radius 2 is 1.78 bits per heavy atom. The van der Waals surface area contributed by atoms with Gasteiger partial charge < -0.3 is 5.11 Å². The predicted molar refractivity (Wildman–Crippen MR) is 80.0 cm³/mol. The first-order valence-corrected chi connectivity index (χ1v) is 7.92. The van der Waals surface area contributed by atoms with Gasteiger partial charge in [-0.1, -0.05) is 0 Å². The molecule has 2 aromatic carbocycles. The molecule has 0 saturated heterocycles. The van der Waals surface area contributed by atoms with Crippen molar-refractivity contribution in [2.75, 3.05) is 4.72 Å². The maximum atomic E-state index is 13.6. The lowest BCUT2D eigenvalue weighted by Crippen LogP contribution is -2.17. The number of hydrogen-bond donors (Lipinski definition) is 2. The highest BCUT2D eigenvalue weighted by Crippen LogP contribution is 2.25. The second-order valence-electron chi connectivity index (χ2n) is 4.95. The molecule has 0 spiro atoms. The van der Waals surface area contributed by atoms with Gasteiger partial charge in [0.05, 0.1) is 16.1 Å². The van der Waals surface area contributed by atoms with E-state index in [-0.39, 0.29) is 10.5 Å². The lowest BCUT2D eigenvalue weighted by molar-refractivity contribution is 0.0696. The van der Waals surface area contributed by atoms with Crippen molar-refractivity contribution >= 4 is 21.7 Å². The fourth-order valence-electron chi connectivity index (χ4n) is 2.00. The lowest BCUT2D eigenvalue weighted by Gasteiger charge is -2.13. The van der Waals surface area contributed by atoms with Gasteiger partial charge in [-0.05, 0) is 49.2 Å². The van der Waals surface area contributed by atoms with E-state index in [0.717, 1.165) is 18.2 Å². The van der Waals surface area contributed by atoms with E-state index in [9.17, 15) is 22.0 Å². The molecule has 0 amide bonds. The highest BCUT2D eigenvalue weighted by molar-refractivity contribution is 7.92. The van der Waals surface area contributed by atoms with Crippen LogP contribution < -0.4 is 4.72 Å². The summed E-state index contributed by atoms with van der Waals surface area (Å²) < 4.78 is 53.3. The highest BCUT2D eigenvalue weighted by Gasteiger charge is 2.22. The molecule has 23 heavy (non-hydrogen) atoms. The molecule has 0 aromatic heterocycles. The van der Waals surface area contributed by atoms with E-state index in [1.165, 1.54) is 13.0 Å². The molecule has 8 heteroatoms. The van der Waals surface area contributed by atoms with Crippen LogP contribution in [0.3, 0.4) is 0 Å². The molecule has 2 N–H and O–H groups in total. The van der Waals surface area contributed by atoms with Crippen LogP contribution in [0, 0.1) is 25.5 Å². The number of anilines is 1. The van der Waals surface area contributed by atoms with Gasteiger partial charge in [-0.3, -0.25) is 4.72 Å². The monoisotopic (exact) mass is 341 g/mol. The Labute approximate surface area is 131 Å². The fraction of sp³-hybridized carbons (Fsp3) is 0.133. The van der Waals surface area contributed by atoms with Crippen LogP contribution in [0.4, 0.5) is 14.5 Å². The third-order valence-electron chi connectivity index (χ3n) is 3.33. The Bertz CT molecular complexity index is 895. The normalized spacial score (nSPS) is 11.3. The fourth-order valence-corrected chi connectivity index (χ4v) is 3.41. The molecule has 0 aliphatic carbocycles. The number of carboxylic acid groups (broad SMARTS) is 1. The van der Waals surface area contributed by atoms with Crippen molar-refractivity contribution in [2.24, 2.45) is 0 Å². The van der Waals surface area contributed by atoms with Gasteiger partial charge in [0.15, 0.2) is 0 Å². The molecule has 0 bridgehead atoms. The minimum atomic E-state index is -4.23. The van der Waals surface area contributed by atoms with E-state index in [0.29, 0.717) is 17.2 Å². The summed E-state index contributed by atoms with van der Waals surface area (Å²) in [7, 11) is -4.23. The second-order valence-corrected chi connectivity index (χ2v) is 6.60. The Balaban J connectivity index is 2.53. The van der Waals surface area contributed by atoms with Crippen LogP contribution in [0.15, 0.2) is 35.2 Å². The number of sulfonamides is 1. The highest BCUT2D eigenvalue weighted by atomic mass is 32.2. The topological polar surface area (TPSA) is 83.5 Å². The molecule has 0 aliphatic rings. The summed E-state index contributed by atoms with van der Waals surface area (Å²) >= 11 is 0. The number of benzene rings is 2. The molecule has 0 unspecified atom stereocenters. The molecule has 5 nitrogen and oxygen atoms in total.